The normalized spacial score (nSPS) is 12.6. The molecule has 0 aliphatic heterocycles. The Morgan fingerprint density at radius 1 is 0.333 bits per heavy atom. The molecule has 0 aromatic rings. The van der Waals surface area contributed by atoms with Gasteiger partial charge in [0.05, 0.1) is 0 Å². The number of carbonyl (C=O) groups is 3. The Morgan fingerprint density at radius 2 is 0.583 bits per heavy atom. The van der Waals surface area contributed by atoms with Crippen molar-refractivity contribution in [3.63, 3.8) is 0 Å². The monoisotopic (exact) mass is 849 g/mol. The summed E-state index contributed by atoms with van der Waals surface area (Å²) in [5.41, 5.74) is 0. The standard InChI is InChI=1S/C54H104O6/c1-7-50(6)42-36-30-24-18-15-16-20-26-33-39-45-54(57)60-51(47-59-53(56)44-38-32-27-21-23-29-35-41-49(4)5)46-58-52(55)43-37-31-25-19-14-12-10-8-9-11-13-17-22-28-34-40-48(2)3/h48-51H,7-47H2,1-6H3/t50?,51-/m0/s1. The third-order valence-electron chi connectivity index (χ3n) is 12.5. The largest absolute Gasteiger partial charge is 0.462 e. The van der Waals surface area contributed by atoms with Gasteiger partial charge in [-0.25, -0.2) is 0 Å². The maximum Gasteiger partial charge on any atom is 0.306 e. The second kappa shape index (κ2) is 45.4. The number of hydrogen-bond acceptors (Lipinski definition) is 6. The lowest BCUT2D eigenvalue weighted by molar-refractivity contribution is -0.167. The van der Waals surface area contributed by atoms with Crippen molar-refractivity contribution >= 4 is 17.9 Å². The van der Waals surface area contributed by atoms with Gasteiger partial charge in [-0.2, -0.15) is 0 Å². The summed E-state index contributed by atoms with van der Waals surface area (Å²) >= 11 is 0. The van der Waals surface area contributed by atoms with E-state index in [4.69, 9.17) is 14.2 Å². The molecule has 0 heterocycles. The Bertz CT molecular complexity index is 931. The highest BCUT2D eigenvalue weighted by atomic mass is 16.6. The van der Waals surface area contributed by atoms with Crippen LogP contribution in [0.1, 0.15) is 292 Å². The quantitative estimate of drug-likeness (QED) is 0.0345. The van der Waals surface area contributed by atoms with Crippen molar-refractivity contribution in [2.75, 3.05) is 13.2 Å². The maximum atomic E-state index is 12.8. The summed E-state index contributed by atoms with van der Waals surface area (Å²) in [7, 11) is 0. The molecule has 0 aromatic carbocycles. The molecule has 0 aromatic heterocycles. The Balaban J connectivity index is 4.27. The molecule has 0 saturated carbocycles. The van der Waals surface area contributed by atoms with Gasteiger partial charge in [-0.1, -0.05) is 253 Å². The SMILES string of the molecule is CCC(C)CCCCCCCCCCCCC(=O)O[C@@H](COC(=O)CCCCCCCCCCCCCCCCCC(C)C)COC(=O)CCCCCCCCCC(C)C. The van der Waals surface area contributed by atoms with Crippen LogP contribution in [0.4, 0.5) is 0 Å². The van der Waals surface area contributed by atoms with E-state index in [1.807, 2.05) is 0 Å². The van der Waals surface area contributed by atoms with Gasteiger partial charge in [0.15, 0.2) is 6.10 Å². The molecule has 0 spiro atoms. The Morgan fingerprint density at radius 3 is 0.867 bits per heavy atom. The highest BCUT2D eigenvalue weighted by Gasteiger charge is 2.19. The van der Waals surface area contributed by atoms with Gasteiger partial charge in [0.1, 0.15) is 13.2 Å². The third kappa shape index (κ3) is 45.9. The average Bonchev–Trinajstić information content (AvgIpc) is 3.22. The van der Waals surface area contributed by atoms with E-state index in [0.29, 0.717) is 19.3 Å². The highest BCUT2D eigenvalue weighted by molar-refractivity contribution is 5.71. The molecule has 0 N–H and O–H groups in total. The molecule has 6 nitrogen and oxygen atoms in total. The minimum absolute atomic E-state index is 0.0649. The van der Waals surface area contributed by atoms with E-state index in [1.54, 1.807) is 0 Å². The van der Waals surface area contributed by atoms with Crippen LogP contribution in [-0.4, -0.2) is 37.2 Å². The van der Waals surface area contributed by atoms with Crippen LogP contribution in [0.2, 0.25) is 0 Å². The Hall–Kier alpha value is -1.59. The summed E-state index contributed by atoms with van der Waals surface area (Å²) in [5.74, 6) is 1.64. The summed E-state index contributed by atoms with van der Waals surface area (Å²) in [6.45, 7) is 13.7. The number of ether oxygens (including phenoxy) is 3. The molecule has 6 heteroatoms. The molecular formula is C54H104O6. The molecule has 0 amide bonds. The minimum atomic E-state index is -0.763. The van der Waals surface area contributed by atoms with Crippen LogP contribution in [0.15, 0.2) is 0 Å². The van der Waals surface area contributed by atoms with Gasteiger partial charge >= 0.3 is 17.9 Å². The molecule has 2 atom stereocenters. The lowest BCUT2D eigenvalue weighted by Crippen LogP contribution is -2.30. The number of esters is 3. The van der Waals surface area contributed by atoms with E-state index >= 15 is 0 Å². The third-order valence-corrected chi connectivity index (χ3v) is 12.5. The lowest BCUT2D eigenvalue weighted by Gasteiger charge is -2.18. The lowest BCUT2D eigenvalue weighted by atomic mass is 9.99. The first-order valence-corrected chi connectivity index (χ1v) is 26.6. The van der Waals surface area contributed by atoms with Gasteiger partial charge in [-0.15, -0.1) is 0 Å². The van der Waals surface area contributed by atoms with E-state index in [9.17, 15) is 14.4 Å². The predicted molar refractivity (Wildman–Crippen MR) is 256 cm³/mol. The molecule has 60 heavy (non-hydrogen) atoms. The smallest absolute Gasteiger partial charge is 0.306 e. The molecule has 1 unspecified atom stereocenters. The predicted octanol–water partition coefficient (Wildman–Crippen LogP) is 17.2. The molecule has 0 aliphatic rings. The summed E-state index contributed by atoms with van der Waals surface area (Å²) in [5, 5.41) is 0. The van der Waals surface area contributed by atoms with Crippen molar-refractivity contribution in [3.8, 4) is 0 Å². The first kappa shape index (κ1) is 58.4. The fraction of sp³-hybridized carbons (Fsp3) is 0.944. The first-order valence-electron chi connectivity index (χ1n) is 26.6. The fourth-order valence-electron chi connectivity index (χ4n) is 8.08. The van der Waals surface area contributed by atoms with E-state index in [-0.39, 0.29) is 31.1 Å². The Labute approximate surface area is 374 Å². The number of carbonyl (C=O) groups excluding carboxylic acids is 3. The van der Waals surface area contributed by atoms with Crippen LogP contribution in [0.25, 0.3) is 0 Å². The second-order valence-electron chi connectivity index (χ2n) is 19.7. The number of rotatable bonds is 47. The number of hydrogen-bond donors (Lipinski definition) is 0. The van der Waals surface area contributed by atoms with Crippen molar-refractivity contribution in [1.82, 2.24) is 0 Å². The highest BCUT2D eigenvalue weighted by Crippen LogP contribution is 2.18. The van der Waals surface area contributed by atoms with Crippen molar-refractivity contribution in [1.29, 1.82) is 0 Å². The Kier molecular flexibility index (Phi) is 44.2. The van der Waals surface area contributed by atoms with Gasteiger partial charge < -0.3 is 14.2 Å². The van der Waals surface area contributed by atoms with Crippen molar-refractivity contribution in [2.45, 2.75) is 298 Å². The zero-order valence-electron chi connectivity index (χ0n) is 41.3. The van der Waals surface area contributed by atoms with Crippen LogP contribution in [0.5, 0.6) is 0 Å². The van der Waals surface area contributed by atoms with E-state index in [1.165, 1.54) is 173 Å². The van der Waals surface area contributed by atoms with Gasteiger partial charge in [-0.05, 0) is 37.0 Å². The molecule has 0 rings (SSSR count). The molecule has 0 aliphatic carbocycles. The molecule has 0 fully saturated rings. The van der Waals surface area contributed by atoms with E-state index in [2.05, 4.69) is 41.5 Å². The molecule has 356 valence electrons. The fourth-order valence-corrected chi connectivity index (χ4v) is 8.08. The second-order valence-corrected chi connectivity index (χ2v) is 19.7. The summed E-state index contributed by atoms with van der Waals surface area (Å²) in [4.78, 5) is 37.9. The van der Waals surface area contributed by atoms with Crippen LogP contribution in [-0.2, 0) is 28.6 Å². The van der Waals surface area contributed by atoms with Crippen LogP contribution < -0.4 is 0 Å². The first-order chi connectivity index (χ1) is 29.1. The molecular weight excluding hydrogens is 745 g/mol. The molecule has 0 radical (unpaired) electrons. The zero-order chi connectivity index (χ0) is 44.2. The van der Waals surface area contributed by atoms with Gasteiger partial charge in [0, 0.05) is 19.3 Å². The van der Waals surface area contributed by atoms with Crippen molar-refractivity contribution in [2.24, 2.45) is 17.8 Å². The molecule has 0 saturated heterocycles. The summed E-state index contributed by atoms with van der Waals surface area (Å²) in [6, 6.07) is 0. The van der Waals surface area contributed by atoms with E-state index < -0.39 is 6.10 Å². The van der Waals surface area contributed by atoms with Gasteiger partial charge in [0.25, 0.3) is 0 Å². The van der Waals surface area contributed by atoms with Crippen LogP contribution in [0.3, 0.4) is 0 Å². The van der Waals surface area contributed by atoms with Crippen molar-refractivity contribution in [3.05, 3.63) is 0 Å². The van der Waals surface area contributed by atoms with Crippen LogP contribution >= 0.6 is 0 Å². The van der Waals surface area contributed by atoms with E-state index in [0.717, 1.165) is 75.5 Å². The van der Waals surface area contributed by atoms with Gasteiger partial charge in [0.2, 0.25) is 0 Å². The topological polar surface area (TPSA) is 78.9 Å². The minimum Gasteiger partial charge on any atom is -0.462 e. The summed E-state index contributed by atoms with van der Waals surface area (Å²) < 4.78 is 16.8. The average molecular weight is 849 g/mol. The molecule has 0 bridgehead atoms. The van der Waals surface area contributed by atoms with Crippen molar-refractivity contribution < 1.29 is 28.6 Å². The van der Waals surface area contributed by atoms with Crippen LogP contribution in [0, 0.1) is 17.8 Å². The zero-order valence-corrected chi connectivity index (χ0v) is 41.3. The summed E-state index contributed by atoms with van der Waals surface area (Å²) in [6.07, 6.45) is 45.2. The number of unbranched alkanes of at least 4 members (excludes halogenated alkanes) is 29. The van der Waals surface area contributed by atoms with Gasteiger partial charge in [-0.3, -0.25) is 14.4 Å². The maximum absolute atomic E-state index is 12.8.